The van der Waals surface area contributed by atoms with Crippen LogP contribution in [0.15, 0.2) is 40.1 Å². The summed E-state index contributed by atoms with van der Waals surface area (Å²) in [6.07, 6.45) is 1.69. The van der Waals surface area contributed by atoms with Gasteiger partial charge in [-0.2, -0.15) is 0 Å². The van der Waals surface area contributed by atoms with Gasteiger partial charge in [0.2, 0.25) is 9.84 Å². The molecule has 0 saturated heterocycles. The molecule has 2 aromatic rings. The molecule has 1 N–H and O–H groups in total. The molecule has 1 aliphatic rings. The first kappa shape index (κ1) is 16.7. The lowest BCUT2D eigenvalue weighted by atomic mass is 10.0. The maximum atomic E-state index is 13.1. The van der Waals surface area contributed by atoms with Crippen LogP contribution in [0, 0.1) is 17.0 Å². The zero-order chi connectivity index (χ0) is 17.5. The van der Waals surface area contributed by atoms with Crippen LogP contribution in [0.4, 0.5) is 11.4 Å². The van der Waals surface area contributed by atoms with Gasteiger partial charge in [0, 0.05) is 17.6 Å². The number of rotatable bonds is 3. The van der Waals surface area contributed by atoms with E-state index in [0.29, 0.717) is 12.2 Å². The van der Waals surface area contributed by atoms with Crippen LogP contribution in [0.2, 0.25) is 5.02 Å². The highest BCUT2D eigenvalue weighted by Gasteiger charge is 2.31. The Kier molecular flexibility index (Phi) is 4.23. The first-order valence-corrected chi connectivity index (χ1v) is 9.23. The molecule has 3 rings (SSSR count). The van der Waals surface area contributed by atoms with Gasteiger partial charge in [-0.3, -0.25) is 10.1 Å². The van der Waals surface area contributed by atoms with Gasteiger partial charge >= 0.3 is 0 Å². The Labute approximate surface area is 144 Å². The number of halogens is 1. The summed E-state index contributed by atoms with van der Waals surface area (Å²) < 4.78 is 26.2. The van der Waals surface area contributed by atoms with E-state index in [2.05, 4.69) is 5.32 Å². The smallest absolute Gasteiger partial charge is 0.289 e. The quantitative estimate of drug-likeness (QED) is 0.660. The number of fused-ring (bicyclic) bond motifs is 1. The van der Waals surface area contributed by atoms with Gasteiger partial charge in [-0.25, -0.2) is 8.42 Å². The number of hydrogen-bond donors (Lipinski definition) is 1. The molecule has 126 valence electrons. The van der Waals surface area contributed by atoms with E-state index >= 15 is 0 Å². The van der Waals surface area contributed by atoms with Crippen LogP contribution in [-0.4, -0.2) is 19.9 Å². The van der Waals surface area contributed by atoms with Crippen LogP contribution >= 0.6 is 11.6 Å². The van der Waals surface area contributed by atoms with E-state index in [1.807, 2.05) is 13.0 Å². The lowest BCUT2D eigenvalue weighted by Crippen LogP contribution is -2.17. The van der Waals surface area contributed by atoms with Gasteiger partial charge in [0.25, 0.3) is 5.69 Å². The number of nitro benzene ring substituents is 1. The molecule has 0 fully saturated rings. The second-order valence-corrected chi connectivity index (χ2v) is 8.02. The van der Waals surface area contributed by atoms with Gasteiger partial charge in [0.05, 0.1) is 15.5 Å². The maximum absolute atomic E-state index is 13.1. The molecule has 24 heavy (non-hydrogen) atoms. The van der Waals surface area contributed by atoms with E-state index in [1.165, 1.54) is 12.1 Å². The number of nitro groups is 1. The van der Waals surface area contributed by atoms with Crippen molar-refractivity contribution in [3.63, 3.8) is 0 Å². The van der Waals surface area contributed by atoms with Gasteiger partial charge in [-0.15, -0.1) is 0 Å². The Balaban J connectivity index is 2.27. The molecule has 2 aromatic carbocycles. The summed E-state index contributed by atoms with van der Waals surface area (Å²) in [4.78, 5) is 10.3. The fourth-order valence-corrected chi connectivity index (χ4v) is 4.78. The Morgan fingerprint density at radius 3 is 2.67 bits per heavy atom. The molecule has 0 unspecified atom stereocenters. The van der Waals surface area contributed by atoms with Crippen molar-refractivity contribution in [1.82, 2.24) is 0 Å². The summed E-state index contributed by atoms with van der Waals surface area (Å²) in [5, 5.41) is 14.5. The predicted molar refractivity (Wildman–Crippen MR) is 91.5 cm³/mol. The standard InChI is InChI=1S/C16H15ClN2O4S/c1-10-7-11-3-2-6-18-16(11)15(8-10)24(22,23)14-5-4-12(17)9-13(14)19(20)21/h4-5,7-9,18H,2-3,6H2,1H3. The van der Waals surface area contributed by atoms with E-state index in [9.17, 15) is 18.5 Å². The first-order chi connectivity index (χ1) is 11.3. The Morgan fingerprint density at radius 1 is 1.21 bits per heavy atom. The lowest BCUT2D eigenvalue weighted by molar-refractivity contribution is -0.387. The number of nitrogens with one attached hydrogen (secondary N) is 1. The number of benzene rings is 2. The average molecular weight is 367 g/mol. The topological polar surface area (TPSA) is 89.3 Å². The molecule has 8 heteroatoms. The van der Waals surface area contributed by atoms with Gasteiger partial charge in [-0.05, 0) is 49.1 Å². The third kappa shape index (κ3) is 2.85. The highest BCUT2D eigenvalue weighted by atomic mass is 35.5. The first-order valence-electron chi connectivity index (χ1n) is 7.37. The van der Waals surface area contributed by atoms with Crippen LogP contribution < -0.4 is 5.32 Å². The third-order valence-electron chi connectivity index (χ3n) is 3.95. The highest BCUT2D eigenvalue weighted by Crippen LogP contribution is 2.38. The van der Waals surface area contributed by atoms with Crippen molar-refractivity contribution in [3.8, 4) is 0 Å². The number of aryl methyl sites for hydroxylation is 2. The molecule has 0 atom stereocenters. The van der Waals surface area contributed by atoms with Crippen molar-refractivity contribution in [1.29, 1.82) is 0 Å². The summed E-state index contributed by atoms with van der Waals surface area (Å²) in [7, 11) is -4.06. The molecule has 0 saturated carbocycles. The minimum Gasteiger partial charge on any atom is -0.384 e. The number of hydrogen-bond acceptors (Lipinski definition) is 5. The van der Waals surface area contributed by atoms with Crippen molar-refractivity contribution in [2.24, 2.45) is 0 Å². The lowest BCUT2D eigenvalue weighted by Gasteiger charge is -2.22. The van der Waals surface area contributed by atoms with Crippen LogP contribution in [0.25, 0.3) is 0 Å². The van der Waals surface area contributed by atoms with Crippen LogP contribution in [0.3, 0.4) is 0 Å². The molecule has 0 aromatic heterocycles. The molecule has 1 aliphatic heterocycles. The van der Waals surface area contributed by atoms with E-state index in [4.69, 9.17) is 11.6 Å². The molecule has 0 radical (unpaired) electrons. The van der Waals surface area contributed by atoms with Gasteiger partial charge < -0.3 is 5.32 Å². The summed E-state index contributed by atoms with van der Waals surface area (Å²) in [5.41, 5.74) is 1.73. The van der Waals surface area contributed by atoms with Crippen molar-refractivity contribution >= 4 is 32.8 Å². The largest absolute Gasteiger partial charge is 0.384 e. The number of nitrogens with zero attached hydrogens (tertiary/aromatic N) is 1. The minimum atomic E-state index is -4.06. The Morgan fingerprint density at radius 2 is 1.96 bits per heavy atom. The summed E-state index contributed by atoms with van der Waals surface area (Å²) in [6, 6.07) is 7.08. The zero-order valence-corrected chi connectivity index (χ0v) is 14.4. The number of sulfone groups is 1. The van der Waals surface area contributed by atoms with E-state index in [0.717, 1.165) is 30.0 Å². The Bertz CT molecular complexity index is 941. The molecule has 0 amide bonds. The SMILES string of the molecule is Cc1cc2c(c(S(=O)(=O)c3ccc(Cl)cc3[N+](=O)[O-])c1)NCCC2. The zero-order valence-electron chi connectivity index (χ0n) is 12.9. The second kappa shape index (κ2) is 6.07. The summed E-state index contributed by atoms with van der Waals surface area (Å²) in [5.74, 6) is 0. The molecule has 1 heterocycles. The fraction of sp³-hybridized carbons (Fsp3) is 0.250. The predicted octanol–water partition coefficient (Wildman–Crippen LogP) is 3.75. The van der Waals surface area contributed by atoms with Gasteiger partial charge in [0.1, 0.15) is 4.90 Å². The van der Waals surface area contributed by atoms with Gasteiger partial charge in [0.15, 0.2) is 0 Å². The number of anilines is 1. The minimum absolute atomic E-state index is 0.0719. The van der Waals surface area contributed by atoms with Crippen molar-refractivity contribution in [2.45, 2.75) is 29.6 Å². The van der Waals surface area contributed by atoms with E-state index in [1.54, 1.807) is 6.07 Å². The van der Waals surface area contributed by atoms with E-state index < -0.39 is 20.4 Å². The van der Waals surface area contributed by atoms with Gasteiger partial charge in [-0.1, -0.05) is 17.7 Å². The average Bonchev–Trinajstić information content (AvgIpc) is 2.53. The van der Waals surface area contributed by atoms with Crippen LogP contribution in [0.1, 0.15) is 17.5 Å². The summed E-state index contributed by atoms with van der Waals surface area (Å²) in [6.45, 7) is 2.48. The molecule has 0 spiro atoms. The monoisotopic (exact) mass is 366 g/mol. The fourth-order valence-electron chi connectivity index (χ4n) is 2.91. The molecule has 0 bridgehead atoms. The Hall–Kier alpha value is -2.12. The molecule has 0 aliphatic carbocycles. The van der Waals surface area contributed by atoms with Crippen molar-refractivity contribution in [2.75, 3.05) is 11.9 Å². The normalized spacial score (nSPS) is 13.9. The van der Waals surface area contributed by atoms with Crippen molar-refractivity contribution in [3.05, 3.63) is 56.6 Å². The highest BCUT2D eigenvalue weighted by molar-refractivity contribution is 7.91. The second-order valence-electron chi connectivity index (χ2n) is 5.70. The third-order valence-corrected chi connectivity index (χ3v) is 6.01. The maximum Gasteiger partial charge on any atom is 0.289 e. The van der Waals surface area contributed by atoms with Crippen LogP contribution in [-0.2, 0) is 16.3 Å². The van der Waals surface area contributed by atoms with Crippen LogP contribution in [0.5, 0.6) is 0 Å². The van der Waals surface area contributed by atoms with E-state index in [-0.39, 0.29) is 14.8 Å². The molecular formula is C16H15ClN2O4S. The summed E-state index contributed by atoms with van der Waals surface area (Å²) >= 11 is 5.79. The molecular weight excluding hydrogens is 352 g/mol. The molecule has 6 nitrogen and oxygen atoms in total. The van der Waals surface area contributed by atoms with Crippen molar-refractivity contribution < 1.29 is 13.3 Å².